The molecule has 4 nitrogen and oxygen atoms in total. The molecule has 0 atom stereocenters. The Labute approximate surface area is 38.7 Å². The molecule has 0 spiro atoms. The van der Waals surface area contributed by atoms with Crippen LogP contribution < -0.4 is 0 Å². The van der Waals surface area contributed by atoms with Crippen molar-refractivity contribution >= 4 is 11.9 Å². The van der Waals surface area contributed by atoms with Crippen LogP contribution in [0.15, 0.2) is 0 Å². The first kappa shape index (κ1) is 6.13. The van der Waals surface area contributed by atoms with Gasteiger partial charge >= 0.3 is 6.16 Å². The number of aliphatic hydroxyl groups is 3. The second kappa shape index (κ2) is 1.72. The molecule has 0 rings (SSSR count). The monoisotopic (exact) mass is 114 g/mol. The van der Waals surface area contributed by atoms with Crippen molar-refractivity contribution in [3.63, 3.8) is 0 Å². The van der Waals surface area contributed by atoms with Gasteiger partial charge in [-0.2, -0.15) is 4.29 Å². The van der Waals surface area contributed by atoms with E-state index in [0.717, 1.165) is 0 Å². The number of hydrogen-bond acceptors (Lipinski definition) is 4. The first-order valence-corrected chi connectivity index (χ1v) is 1.34. The van der Waals surface area contributed by atoms with E-state index in [-0.39, 0.29) is 0 Å². The highest BCUT2D eigenvalue weighted by Gasteiger charge is 2.16. The maximum atomic E-state index is 7.58. The lowest BCUT2D eigenvalue weighted by Crippen LogP contribution is -2.26. The Morgan fingerprint density at radius 3 is 1.50 bits per heavy atom. The van der Waals surface area contributed by atoms with E-state index in [2.05, 4.69) is 16.2 Å². The highest BCUT2D eigenvalue weighted by atomic mass is 35.5. The highest BCUT2D eigenvalue weighted by molar-refractivity contribution is 6.07. The van der Waals surface area contributed by atoms with Crippen LogP contribution in [0, 0.1) is 0 Å². The molecule has 0 aromatic carbocycles. The molecule has 0 aliphatic heterocycles. The van der Waals surface area contributed by atoms with Crippen LogP contribution in [0.25, 0.3) is 0 Å². The van der Waals surface area contributed by atoms with E-state index in [9.17, 15) is 0 Å². The zero-order valence-electron chi connectivity index (χ0n) is 2.63. The van der Waals surface area contributed by atoms with Crippen molar-refractivity contribution in [3.8, 4) is 0 Å². The molecule has 6 heavy (non-hydrogen) atoms. The normalized spacial score (nSPS) is 12.0. The lowest BCUT2D eigenvalue weighted by atomic mass is 11.2. The molecule has 0 aliphatic rings. The van der Waals surface area contributed by atoms with Gasteiger partial charge < -0.3 is 15.3 Å². The van der Waals surface area contributed by atoms with Crippen molar-refractivity contribution in [1.82, 2.24) is 0 Å². The fourth-order valence-corrected chi connectivity index (χ4v) is 0. The minimum atomic E-state index is -3.19. The van der Waals surface area contributed by atoms with Gasteiger partial charge in [0.1, 0.15) is 0 Å². The maximum absolute atomic E-state index is 7.58. The summed E-state index contributed by atoms with van der Waals surface area (Å²) in [6, 6.07) is 0. The molecule has 0 fully saturated rings. The molecule has 0 heterocycles. The Kier molecular flexibility index (Phi) is 1.76. The van der Waals surface area contributed by atoms with Crippen molar-refractivity contribution in [2.45, 2.75) is 6.16 Å². The van der Waals surface area contributed by atoms with Crippen LogP contribution in [0.4, 0.5) is 0 Å². The number of rotatable bonds is 1. The fourth-order valence-electron chi connectivity index (χ4n) is 0. The minimum Gasteiger partial charge on any atom is -0.318 e. The molecule has 5 heteroatoms. The van der Waals surface area contributed by atoms with Crippen LogP contribution in [0.1, 0.15) is 0 Å². The maximum Gasteiger partial charge on any atom is 0.421 e. The van der Waals surface area contributed by atoms with Crippen molar-refractivity contribution in [1.29, 1.82) is 0 Å². The first-order chi connectivity index (χ1) is 2.56. The molecule has 0 aromatic rings. The summed E-state index contributed by atoms with van der Waals surface area (Å²) in [4.78, 5) is 0. The smallest absolute Gasteiger partial charge is 0.318 e. The summed E-state index contributed by atoms with van der Waals surface area (Å²) in [6.07, 6.45) is -3.19. The predicted molar refractivity (Wildman–Crippen MR) is 16.3 cm³/mol. The second-order valence-corrected chi connectivity index (χ2v) is 0.805. The molecule has 3 N–H and O–H groups in total. The Morgan fingerprint density at radius 2 is 1.50 bits per heavy atom. The third-order valence-corrected chi connectivity index (χ3v) is 0.311. The van der Waals surface area contributed by atoms with Gasteiger partial charge in [0, 0.05) is 0 Å². The Balaban J connectivity index is 3.17. The van der Waals surface area contributed by atoms with E-state index in [1.165, 1.54) is 0 Å². The van der Waals surface area contributed by atoms with Gasteiger partial charge in [0.25, 0.3) is 0 Å². The van der Waals surface area contributed by atoms with Crippen LogP contribution in [-0.2, 0) is 4.29 Å². The predicted octanol–water partition coefficient (Wildman–Crippen LogP) is -1.26. The molecule has 38 valence electrons. The van der Waals surface area contributed by atoms with Crippen LogP contribution in [0.5, 0.6) is 0 Å². The molecule has 0 saturated carbocycles. The van der Waals surface area contributed by atoms with E-state index < -0.39 is 6.16 Å². The van der Waals surface area contributed by atoms with Crippen LogP contribution in [-0.4, -0.2) is 21.5 Å². The van der Waals surface area contributed by atoms with Crippen molar-refractivity contribution < 1.29 is 19.6 Å². The molecule has 0 bridgehead atoms. The second-order valence-electron chi connectivity index (χ2n) is 0.651. The van der Waals surface area contributed by atoms with Gasteiger partial charge in [-0.25, -0.2) is 0 Å². The van der Waals surface area contributed by atoms with Gasteiger partial charge in [0.2, 0.25) is 0 Å². The summed E-state index contributed by atoms with van der Waals surface area (Å²) in [7, 11) is 0. The molecule has 0 amide bonds. The Bertz CT molecular complexity index is 37.3. The largest absolute Gasteiger partial charge is 0.421 e. The van der Waals surface area contributed by atoms with Gasteiger partial charge in [0.05, 0.1) is 11.9 Å². The summed E-state index contributed by atoms with van der Waals surface area (Å²) >= 11 is 4.23. The average molecular weight is 114 g/mol. The number of halogens is 1. The topological polar surface area (TPSA) is 69.9 Å². The molecule has 0 saturated heterocycles. The molecular weight excluding hydrogens is 111 g/mol. The molecule has 0 unspecified atom stereocenters. The van der Waals surface area contributed by atoms with Gasteiger partial charge in [0.15, 0.2) is 0 Å². The van der Waals surface area contributed by atoms with E-state index >= 15 is 0 Å². The lowest BCUT2D eigenvalue weighted by Gasteiger charge is -2.04. The standard InChI is InChI=1S/CH3ClO4/c2-6-1(3,4)5/h3-5H. The van der Waals surface area contributed by atoms with E-state index in [4.69, 9.17) is 15.3 Å². The summed E-state index contributed by atoms with van der Waals surface area (Å²) in [6.45, 7) is 0. The molecule has 0 aromatic heterocycles. The van der Waals surface area contributed by atoms with E-state index in [1.54, 1.807) is 0 Å². The Hall–Kier alpha value is 0.130. The van der Waals surface area contributed by atoms with Gasteiger partial charge in [-0.05, 0) is 0 Å². The van der Waals surface area contributed by atoms with Crippen molar-refractivity contribution in [2.75, 3.05) is 0 Å². The van der Waals surface area contributed by atoms with Crippen LogP contribution in [0.3, 0.4) is 0 Å². The third-order valence-electron chi connectivity index (χ3n) is 0.104. The summed E-state index contributed by atoms with van der Waals surface area (Å²) in [5, 5.41) is 22.8. The highest BCUT2D eigenvalue weighted by Crippen LogP contribution is 1.95. The third kappa shape index (κ3) is 4.13. The van der Waals surface area contributed by atoms with Crippen LogP contribution in [0.2, 0.25) is 0 Å². The van der Waals surface area contributed by atoms with Crippen molar-refractivity contribution in [2.24, 2.45) is 0 Å². The zero-order valence-corrected chi connectivity index (χ0v) is 3.38. The minimum absolute atomic E-state index is 3.08. The van der Waals surface area contributed by atoms with Gasteiger partial charge in [-0.1, -0.05) is 0 Å². The molecular formula is CH3ClO4. The Morgan fingerprint density at radius 1 is 1.33 bits per heavy atom. The molecule has 0 radical (unpaired) electrons. The summed E-state index contributed by atoms with van der Waals surface area (Å²) < 4.78 is 3.08. The van der Waals surface area contributed by atoms with Gasteiger partial charge in [-0.15, -0.1) is 0 Å². The van der Waals surface area contributed by atoms with E-state index in [0.29, 0.717) is 0 Å². The van der Waals surface area contributed by atoms with Crippen LogP contribution >= 0.6 is 11.9 Å². The van der Waals surface area contributed by atoms with Crippen molar-refractivity contribution in [3.05, 3.63) is 0 Å². The summed E-state index contributed by atoms with van der Waals surface area (Å²) in [5.74, 6) is 0. The summed E-state index contributed by atoms with van der Waals surface area (Å²) in [5.41, 5.74) is 0. The lowest BCUT2D eigenvalue weighted by molar-refractivity contribution is -0.419. The van der Waals surface area contributed by atoms with Gasteiger partial charge in [-0.3, -0.25) is 0 Å². The first-order valence-electron chi connectivity index (χ1n) is 1.03. The zero-order chi connectivity index (χ0) is 5.21. The fraction of sp³-hybridized carbons (Fsp3) is 1.00. The quantitative estimate of drug-likeness (QED) is 0.373. The average Bonchev–Trinajstić information content (AvgIpc) is 1.35. The van der Waals surface area contributed by atoms with E-state index in [1.807, 2.05) is 0 Å². The SMILES string of the molecule is OC(O)(O)OCl. The number of hydrogen-bond donors (Lipinski definition) is 3. The molecule has 0 aliphatic carbocycles.